The van der Waals surface area contributed by atoms with Gasteiger partial charge in [-0.2, -0.15) is 0 Å². The third kappa shape index (κ3) is 5.56. The lowest BCUT2D eigenvalue weighted by atomic mass is 10.1. The summed E-state index contributed by atoms with van der Waals surface area (Å²) in [6.07, 6.45) is 0.973. The predicted octanol–water partition coefficient (Wildman–Crippen LogP) is 5.17. The van der Waals surface area contributed by atoms with Gasteiger partial charge in [0.05, 0.1) is 4.90 Å². The molecule has 3 rings (SSSR count). The molecule has 0 spiro atoms. The second-order valence-corrected chi connectivity index (χ2v) is 8.64. The highest BCUT2D eigenvalue weighted by Crippen LogP contribution is 2.23. The van der Waals surface area contributed by atoms with E-state index in [1.807, 2.05) is 30.3 Å². The summed E-state index contributed by atoms with van der Waals surface area (Å²) in [5.74, 6) is 0. The van der Waals surface area contributed by atoms with Gasteiger partial charge in [0.15, 0.2) is 5.11 Å². The zero-order chi connectivity index (χ0) is 20.9. The van der Waals surface area contributed by atoms with E-state index in [4.69, 9.17) is 12.2 Å². The Kier molecular flexibility index (Phi) is 6.51. The first-order valence-electron chi connectivity index (χ1n) is 9.23. The highest BCUT2D eigenvalue weighted by molar-refractivity contribution is 7.92. The van der Waals surface area contributed by atoms with Crippen molar-refractivity contribution in [1.82, 2.24) is 0 Å². The van der Waals surface area contributed by atoms with E-state index in [1.54, 1.807) is 49.4 Å². The van der Waals surface area contributed by atoms with Gasteiger partial charge in [-0.1, -0.05) is 43.3 Å². The SMILES string of the molecule is CCc1ccc(NC(=S)Nc2ccc(C)c(S(=O)(=O)Nc3ccccc3)c2)cc1. The zero-order valence-corrected chi connectivity index (χ0v) is 17.9. The maximum Gasteiger partial charge on any atom is 0.262 e. The largest absolute Gasteiger partial charge is 0.332 e. The number of aryl methyl sites for hydroxylation is 2. The Morgan fingerprint density at radius 2 is 1.48 bits per heavy atom. The average molecular weight is 426 g/mol. The smallest absolute Gasteiger partial charge is 0.262 e. The summed E-state index contributed by atoms with van der Waals surface area (Å²) in [4.78, 5) is 0.196. The van der Waals surface area contributed by atoms with E-state index in [9.17, 15) is 8.42 Å². The van der Waals surface area contributed by atoms with Gasteiger partial charge >= 0.3 is 0 Å². The van der Waals surface area contributed by atoms with Crippen LogP contribution in [0.25, 0.3) is 0 Å². The van der Waals surface area contributed by atoms with E-state index in [2.05, 4.69) is 22.3 Å². The van der Waals surface area contributed by atoms with Crippen molar-refractivity contribution >= 4 is 44.4 Å². The summed E-state index contributed by atoms with van der Waals surface area (Å²) in [6.45, 7) is 3.86. The average Bonchev–Trinajstić information content (AvgIpc) is 2.70. The molecule has 0 aliphatic carbocycles. The molecule has 3 aromatic rings. The number of sulfonamides is 1. The zero-order valence-electron chi connectivity index (χ0n) is 16.3. The molecule has 29 heavy (non-hydrogen) atoms. The first kappa shape index (κ1) is 20.8. The Bertz CT molecular complexity index is 1100. The van der Waals surface area contributed by atoms with E-state index >= 15 is 0 Å². The minimum atomic E-state index is -3.72. The molecule has 0 saturated carbocycles. The summed E-state index contributed by atoms with van der Waals surface area (Å²) in [6, 6.07) is 21.9. The van der Waals surface area contributed by atoms with Crippen molar-refractivity contribution in [3.8, 4) is 0 Å². The molecule has 0 heterocycles. The van der Waals surface area contributed by atoms with Crippen LogP contribution in [0, 0.1) is 6.92 Å². The van der Waals surface area contributed by atoms with Crippen molar-refractivity contribution in [3.05, 3.63) is 83.9 Å². The molecule has 0 radical (unpaired) electrons. The molecular formula is C22H23N3O2S2. The number of para-hydroxylation sites is 1. The number of benzene rings is 3. The van der Waals surface area contributed by atoms with Crippen molar-refractivity contribution < 1.29 is 8.42 Å². The highest BCUT2D eigenvalue weighted by Gasteiger charge is 2.18. The van der Waals surface area contributed by atoms with Gasteiger partial charge in [0.25, 0.3) is 10.0 Å². The van der Waals surface area contributed by atoms with Gasteiger partial charge in [0.1, 0.15) is 0 Å². The van der Waals surface area contributed by atoms with Crippen molar-refractivity contribution in [1.29, 1.82) is 0 Å². The summed E-state index contributed by atoms with van der Waals surface area (Å²) in [5.41, 5.74) is 3.86. The molecule has 150 valence electrons. The van der Waals surface area contributed by atoms with Crippen LogP contribution in [0.4, 0.5) is 17.1 Å². The number of hydrogen-bond donors (Lipinski definition) is 3. The van der Waals surface area contributed by atoms with Crippen LogP contribution in [-0.4, -0.2) is 13.5 Å². The third-order valence-corrected chi connectivity index (χ3v) is 6.11. The normalized spacial score (nSPS) is 11.0. The van der Waals surface area contributed by atoms with Crippen LogP contribution in [0.15, 0.2) is 77.7 Å². The van der Waals surface area contributed by atoms with Gasteiger partial charge in [-0.25, -0.2) is 8.42 Å². The Morgan fingerprint density at radius 1 is 0.862 bits per heavy atom. The van der Waals surface area contributed by atoms with E-state index < -0.39 is 10.0 Å². The Balaban J connectivity index is 1.74. The van der Waals surface area contributed by atoms with Crippen molar-refractivity contribution in [3.63, 3.8) is 0 Å². The molecular weight excluding hydrogens is 402 g/mol. The second-order valence-electron chi connectivity index (χ2n) is 6.58. The Hall–Kier alpha value is -2.90. The summed E-state index contributed by atoms with van der Waals surface area (Å²) in [7, 11) is -3.72. The molecule has 5 nitrogen and oxygen atoms in total. The lowest BCUT2D eigenvalue weighted by molar-refractivity contribution is 0.600. The number of hydrogen-bond acceptors (Lipinski definition) is 3. The van der Waals surface area contributed by atoms with E-state index in [1.165, 1.54) is 5.56 Å². The quantitative estimate of drug-likeness (QED) is 0.476. The van der Waals surface area contributed by atoms with Crippen molar-refractivity contribution in [2.24, 2.45) is 0 Å². The van der Waals surface area contributed by atoms with E-state index in [0.29, 0.717) is 22.1 Å². The lowest BCUT2D eigenvalue weighted by Crippen LogP contribution is -2.20. The van der Waals surface area contributed by atoms with Crippen LogP contribution in [0.1, 0.15) is 18.1 Å². The molecule has 0 unspecified atom stereocenters. The Labute approximate surface area is 177 Å². The molecule has 0 aromatic heterocycles. The predicted molar refractivity (Wildman–Crippen MR) is 124 cm³/mol. The monoisotopic (exact) mass is 425 g/mol. The van der Waals surface area contributed by atoms with Crippen LogP contribution in [0.5, 0.6) is 0 Å². The van der Waals surface area contributed by atoms with Crippen LogP contribution < -0.4 is 15.4 Å². The van der Waals surface area contributed by atoms with Crippen LogP contribution in [-0.2, 0) is 16.4 Å². The fourth-order valence-corrected chi connectivity index (χ4v) is 4.37. The van der Waals surface area contributed by atoms with Crippen molar-refractivity contribution in [2.45, 2.75) is 25.2 Å². The molecule has 0 saturated heterocycles. The van der Waals surface area contributed by atoms with Gasteiger partial charge in [-0.05, 0) is 73.1 Å². The molecule has 3 aromatic carbocycles. The minimum absolute atomic E-state index is 0.196. The third-order valence-electron chi connectivity index (χ3n) is 4.38. The molecule has 7 heteroatoms. The second kappa shape index (κ2) is 9.07. The molecule has 3 N–H and O–H groups in total. The molecule has 0 aliphatic heterocycles. The summed E-state index contributed by atoms with van der Waals surface area (Å²) >= 11 is 5.37. The van der Waals surface area contributed by atoms with Crippen LogP contribution in [0.2, 0.25) is 0 Å². The number of rotatable bonds is 6. The van der Waals surface area contributed by atoms with Gasteiger partial charge in [-0.3, -0.25) is 4.72 Å². The maximum atomic E-state index is 12.8. The first-order valence-corrected chi connectivity index (χ1v) is 11.1. The molecule has 0 amide bonds. The highest BCUT2D eigenvalue weighted by atomic mass is 32.2. The number of thiocarbonyl (C=S) groups is 1. The van der Waals surface area contributed by atoms with Crippen LogP contribution in [0.3, 0.4) is 0 Å². The van der Waals surface area contributed by atoms with Gasteiger partial charge < -0.3 is 10.6 Å². The van der Waals surface area contributed by atoms with Gasteiger partial charge in [0.2, 0.25) is 0 Å². The maximum absolute atomic E-state index is 12.8. The summed E-state index contributed by atoms with van der Waals surface area (Å²) in [5, 5.41) is 6.55. The number of nitrogens with one attached hydrogen (secondary N) is 3. The molecule has 0 fully saturated rings. The summed E-state index contributed by atoms with van der Waals surface area (Å²) < 4.78 is 28.3. The molecule has 0 bridgehead atoms. The topological polar surface area (TPSA) is 70.2 Å². The molecule has 0 aliphatic rings. The first-order chi connectivity index (χ1) is 13.9. The van der Waals surface area contributed by atoms with E-state index in [0.717, 1.165) is 12.1 Å². The van der Waals surface area contributed by atoms with Crippen LogP contribution >= 0.6 is 12.2 Å². The lowest BCUT2D eigenvalue weighted by Gasteiger charge is -2.14. The number of anilines is 3. The fourth-order valence-electron chi connectivity index (χ4n) is 2.80. The van der Waals surface area contributed by atoms with Gasteiger partial charge in [-0.15, -0.1) is 0 Å². The van der Waals surface area contributed by atoms with Crippen molar-refractivity contribution in [2.75, 3.05) is 15.4 Å². The minimum Gasteiger partial charge on any atom is -0.332 e. The standard InChI is InChI=1S/C22H23N3O2S2/c1-3-17-10-13-18(14-11-17)23-22(28)24-20-12-9-16(2)21(15-20)29(26,27)25-19-7-5-4-6-8-19/h4-15,25H,3H2,1-2H3,(H2,23,24,28). The fraction of sp³-hybridized carbons (Fsp3) is 0.136. The Morgan fingerprint density at radius 3 is 2.14 bits per heavy atom. The van der Waals surface area contributed by atoms with Gasteiger partial charge in [0, 0.05) is 17.1 Å². The van der Waals surface area contributed by atoms with E-state index in [-0.39, 0.29) is 4.90 Å². The molecule has 0 atom stereocenters.